The van der Waals surface area contributed by atoms with E-state index in [1.54, 1.807) is 4.52 Å². The van der Waals surface area contributed by atoms with Crippen molar-refractivity contribution in [3.05, 3.63) is 59.5 Å². The van der Waals surface area contributed by atoms with Crippen LogP contribution in [0.3, 0.4) is 0 Å². The van der Waals surface area contributed by atoms with Crippen molar-refractivity contribution >= 4 is 17.2 Å². The van der Waals surface area contributed by atoms with Crippen LogP contribution in [-0.2, 0) is 17.6 Å². The van der Waals surface area contributed by atoms with Crippen molar-refractivity contribution in [1.29, 1.82) is 0 Å². The molecule has 5 nitrogen and oxygen atoms in total. The third-order valence-corrected chi connectivity index (χ3v) is 3.48. The molecule has 0 spiro atoms. The predicted molar refractivity (Wildman–Crippen MR) is 85.9 cm³/mol. The van der Waals surface area contributed by atoms with Gasteiger partial charge in [-0.1, -0.05) is 36.8 Å². The van der Waals surface area contributed by atoms with Crippen LogP contribution in [0.5, 0.6) is 0 Å². The second-order valence-electron chi connectivity index (χ2n) is 5.28. The van der Waals surface area contributed by atoms with Crippen LogP contribution in [0.4, 0.5) is 5.69 Å². The van der Waals surface area contributed by atoms with E-state index in [2.05, 4.69) is 15.4 Å². The molecular formula is C17H18N4O. The van der Waals surface area contributed by atoms with E-state index < -0.39 is 0 Å². The number of aromatic nitrogens is 3. The molecule has 0 fully saturated rings. The molecule has 2 heterocycles. The van der Waals surface area contributed by atoms with Crippen LogP contribution in [-0.4, -0.2) is 20.5 Å². The second kappa shape index (κ2) is 5.97. The third kappa shape index (κ3) is 2.98. The first-order valence-electron chi connectivity index (χ1n) is 7.35. The Morgan fingerprint density at radius 1 is 1.23 bits per heavy atom. The largest absolute Gasteiger partial charge is 0.323 e. The molecule has 0 aliphatic rings. The molecule has 112 valence electrons. The number of carbonyl (C=O) groups is 1. The summed E-state index contributed by atoms with van der Waals surface area (Å²) in [5.41, 5.74) is 3.54. The molecule has 1 amide bonds. The number of nitrogens with zero attached hydrogens (tertiary/aromatic N) is 3. The number of fused-ring (bicyclic) bond motifs is 1. The van der Waals surface area contributed by atoms with Gasteiger partial charge in [0.15, 0.2) is 11.5 Å². The van der Waals surface area contributed by atoms with Crippen LogP contribution in [0.25, 0.3) is 5.65 Å². The van der Waals surface area contributed by atoms with Crippen LogP contribution in [0.2, 0.25) is 0 Å². The van der Waals surface area contributed by atoms with Crippen molar-refractivity contribution in [3.8, 4) is 0 Å². The Balaban J connectivity index is 1.79. The fourth-order valence-corrected chi connectivity index (χ4v) is 2.28. The van der Waals surface area contributed by atoms with Crippen molar-refractivity contribution < 1.29 is 4.79 Å². The quantitative estimate of drug-likeness (QED) is 0.805. The highest BCUT2D eigenvalue weighted by molar-refractivity contribution is 5.95. The van der Waals surface area contributed by atoms with Gasteiger partial charge in [-0.3, -0.25) is 4.79 Å². The number of hydrogen-bond donors (Lipinski definition) is 1. The number of hydrogen-bond acceptors (Lipinski definition) is 3. The summed E-state index contributed by atoms with van der Waals surface area (Å²) in [6, 6.07) is 11.7. The zero-order chi connectivity index (χ0) is 15.5. The third-order valence-electron chi connectivity index (χ3n) is 3.48. The molecule has 1 aromatic carbocycles. The maximum absolute atomic E-state index is 12.2. The van der Waals surface area contributed by atoms with Gasteiger partial charge in [-0.25, -0.2) is 9.50 Å². The topological polar surface area (TPSA) is 59.3 Å². The van der Waals surface area contributed by atoms with Gasteiger partial charge in [0.25, 0.3) is 0 Å². The smallest absolute Gasteiger partial charge is 0.228 e. The molecular weight excluding hydrogens is 276 g/mol. The van der Waals surface area contributed by atoms with Gasteiger partial charge in [0, 0.05) is 12.6 Å². The van der Waals surface area contributed by atoms with E-state index in [0.717, 1.165) is 17.8 Å². The highest BCUT2D eigenvalue weighted by atomic mass is 16.1. The minimum absolute atomic E-state index is 0.0574. The molecule has 0 unspecified atom stereocenters. The summed E-state index contributed by atoms with van der Waals surface area (Å²) in [5, 5.41) is 7.27. The van der Waals surface area contributed by atoms with Gasteiger partial charge in [0.05, 0.1) is 12.1 Å². The monoisotopic (exact) mass is 294 g/mol. The van der Waals surface area contributed by atoms with Gasteiger partial charge in [-0.2, -0.15) is 5.10 Å². The highest BCUT2D eigenvalue weighted by Gasteiger charge is 2.10. The molecule has 0 aliphatic carbocycles. The van der Waals surface area contributed by atoms with Crippen LogP contribution in [0.15, 0.2) is 42.6 Å². The highest BCUT2D eigenvalue weighted by Crippen LogP contribution is 2.15. The average molecular weight is 294 g/mol. The molecule has 0 saturated carbocycles. The lowest BCUT2D eigenvalue weighted by molar-refractivity contribution is -0.115. The van der Waals surface area contributed by atoms with Crippen molar-refractivity contribution in [2.45, 2.75) is 26.7 Å². The van der Waals surface area contributed by atoms with E-state index in [4.69, 9.17) is 0 Å². The van der Waals surface area contributed by atoms with Crippen LogP contribution in [0.1, 0.15) is 23.9 Å². The van der Waals surface area contributed by atoms with Crippen molar-refractivity contribution in [1.82, 2.24) is 14.6 Å². The lowest BCUT2D eigenvalue weighted by Crippen LogP contribution is -2.15. The number of pyridine rings is 1. The average Bonchev–Trinajstić information content (AvgIpc) is 2.94. The molecule has 0 aliphatic heterocycles. The molecule has 3 aromatic rings. The summed E-state index contributed by atoms with van der Waals surface area (Å²) in [4.78, 5) is 16.7. The van der Waals surface area contributed by atoms with Gasteiger partial charge in [-0.15, -0.1) is 0 Å². The zero-order valence-corrected chi connectivity index (χ0v) is 12.7. The molecule has 5 heteroatoms. The predicted octanol–water partition coefficient (Wildman–Crippen LogP) is 2.78. The van der Waals surface area contributed by atoms with E-state index >= 15 is 0 Å². The van der Waals surface area contributed by atoms with E-state index in [0.29, 0.717) is 17.8 Å². The maximum Gasteiger partial charge on any atom is 0.228 e. The van der Waals surface area contributed by atoms with Crippen molar-refractivity contribution in [3.63, 3.8) is 0 Å². The van der Waals surface area contributed by atoms with Gasteiger partial charge in [-0.05, 0) is 24.6 Å². The number of aryl methyl sites for hydroxylation is 2. The van der Waals surface area contributed by atoms with Crippen LogP contribution < -0.4 is 5.32 Å². The first-order chi connectivity index (χ1) is 10.7. The van der Waals surface area contributed by atoms with Gasteiger partial charge in [0.1, 0.15) is 0 Å². The Kier molecular flexibility index (Phi) is 3.87. The van der Waals surface area contributed by atoms with E-state index in [1.807, 2.05) is 56.4 Å². The molecule has 22 heavy (non-hydrogen) atoms. The Hall–Kier alpha value is -2.69. The Morgan fingerprint density at radius 2 is 2.00 bits per heavy atom. The number of anilines is 1. The minimum atomic E-state index is -0.0574. The summed E-state index contributed by atoms with van der Waals surface area (Å²) in [6.45, 7) is 4.03. The summed E-state index contributed by atoms with van der Waals surface area (Å²) in [6.07, 6.45) is 2.94. The normalized spacial score (nSPS) is 10.8. The standard InChI is InChI=1S/C17H18N4O/c1-3-15-19-17-14(5-4-10-21(17)20-15)18-16(22)11-13-8-6-12(2)7-9-13/h4-10H,3,11H2,1-2H3,(H,18,22). The van der Waals surface area contributed by atoms with Crippen molar-refractivity contribution in [2.75, 3.05) is 5.32 Å². The maximum atomic E-state index is 12.2. The number of amides is 1. The second-order valence-corrected chi connectivity index (χ2v) is 5.28. The van der Waals surface area contributed by atoms with Crippen LogP contribution >= 0.6 is 0 Å². The van der Waals surface area contributed by atoms with E-state index in [1.165, 1.54) is 5.56 Å². The molecule has 0 saturated heterocycles. The zero-order valence-electron chi connectivity index (χ0n) is 12.7. The number of nitrogens with one attached hydrogen (secondary N) is 1. The molecule has 2 aromatic heterocycles. The molecule has 0 radical (unpaired) electrons. The van der Waals surface area contributed by atoms with Crippen molar-refractivity contribution in [2.24, 2.45) is 0 Å². The molecule has 1 N–H and O–H groups in total. The van der Waals surface area contributed by atoms with Crippen LogP contribution in [0, 0.1) is 6.92 Å². The first-order valence-corrected chi connectivity index (χ1v) is 7.35. The first kappa shape index (κ1) is 14.3. The number of carbonyl (C=O) groups excluding carboxylic acids is 1. The summed E-state index contributed by atoms with van der Waals surface area (Å²) >= 11 is 0. The number of rotatable bonds is 4. The fourth-order valence-electron chi connectivity index (χ4n) is 2.28. The minimum Gasteiger partial charge on any atom is -0.323 e. The van der Waals surface area contributed by atoms with Gasteiger partial charge < -0.3 is 5.32 Å². The lowest BCUT2D eigenvalue weighted by Gasteiger charge is -2.06. The number of benzene rings is 1. The van der Waals surface area contributed by atoms with Gasteiger partial charge >= 0.3 is 0 Å². The van der Waals surface area contributed by atoms with E-state index in [-0.39, 0.29) is 5.91 Å². The Bertz CT molecular complexity index is 805. The van der Waals surface area contributed by atoms with E-state index in [9.17, 15) is 4.79 Å². The summed E-state index contributed by atoms with van der Waals surface area (Å²) in [5.74, 6) is 0.707. The Morgan fingerprint density at radius 3 is 2.73 bits per heavy atom. The molecule has 3 rings (SSSR count). The molecule has 0 atom stereocenters. The molecule has 0 bridgehead atoms. The Labute approximate surface area is 129 Å². The van der Waals surface area contributed by atoms with Gasteiger partial charge in [0.2, 0.25) is 5.91 Å². The fraction of sp³-hybridized carbons (Fsp3) is 0.235. The SMILES string of the molecule is CCc1nc2c(NC(=O)Cc3ccc(C)cc3)cccn2n1. The summed E-state index contributed by atoms with van der Waals surface area (Å²) in [7, 11) is 0. The lowest BCUT2D eigenvalue weighted by atomic mass is 10.1. The summed E-state index contributed by atoms with van der Waals surface area (Å²) < 4.78 is 1.69.